The van der Waals surface area contributed by atoms with Gasteiger partial charge in [-0.25, -0.2) is 26.3 Å². The summed E-state index contributed by atoms with van der Waals surface area (Å²) in [6.45, 7) is 4.48. The number of rotatable bonds is 24. The van der Waals surface area contributed by atoms with Crippen molar-refractivity contribution in [3.05, 3.63) is 55.6 Å². The number of unbranched alkanes of at least 4 members (excludes halogenated alkanes) is 14. The first-order valence-corrected chi connectivity index (χ1v) is 20.2. The predicted molar refractivity (Wildman–Crippen MR) is 188 cm³/mol. The third-order valence-corrected chi connectivity index (χ3v) is 11.6. The molecular formula is C33H49N5O9S2. The van der Waals surface area contributed by atoms with E-state index >= 15 is 0 Å². The highest BCUT2D eigenvalue weighted by Gasteiger charge is 2.41. The van der Waals surface area contributed by atoms with Crippen molar-refractivity contribution in [3.8, 4) is 11.1 Å². The van der Waals surface area contributed by atoms with Crippen LogP contribution < -0.4 is 9.44 Å². The quantitative estimate of drug-likeness (QED) is 0.0360. The molecule has 3 rings (SSSR count). The largest absolute Gasteiger partial charge is 0.410 e. The summed E-state index contributed by atoms with van der Waals surface area (Å²) in [4.78, 5) is 21.8. The van der Waals surface area contributed by atoms with Crippen LogP contribution in [0.2, 0.25) is 0 Å². The molecule has 0 radical (unpaired) electrons. The highest BCUT2D eigenvalue weighted by molar-refractivity contribution is 7.89. The van der Waals surface area contributed by atoms with Gasteiger partial charge in [0.05, 0.1) is 30.8 Å². The molecular weight excluding hydrogens is 675 g/mol. The number of nitrogens with zero attached hydrogens (tertiary/aromatic N) is 3. The first kappa shape index (κ1) is 40.0. The number of fused-ring (bicyclic) bond motifs is 3. The van der Waals surface area contributed by atoms with Crippen molar-refractivity contribution in [3.63, 3.8) is 0 Å². The molecule has 0 spiro atoms. The van der Waals surface area contributed by atoms with Crippen LogP contribution in [0.1, 0.15) is 128 Å². The molecule has 0 amide bonds. The summed E-state index contributed by atoms with van der Waals surface area (Å²) < 4.78 is 57.8. The van der Waals surface area contributed by atoms with Gasteiger partial charge in [0, 0.05) is 36.3 Å². The number of hydrogen-bond acceptors (Lipinski definition) is 10. The van der Waals surface area contributed by atoms with Crippen LogP contribution in [0.15, 0.2) is 39.2 Å². The average molecular weight is 724 g/mol. The molecule has 16 heteroatoms. The Kier molecular flexibility index (Phi) is 15.5. The van der Waals surface area contributed by atoms with E-state index in [4.69, 9.17) is 0 Å². The smallest absolute Gasteiger partial charge is 0.279 e. The Hall–Kier alpha value is -3.47. The molecule has 14 nitrogen and oxygen atoms in total. The standard InChI is InChI=1S/C33H49N5O9S2/c1-3-5-7-9-11-13-15-17-19-34-48(44,45)25-21-27-31(29(23-25)37(40)41)32-28(33(27)36-39)22-26(24-30(32)38(42)43)49(46,47)35-20-18-16-14-12-10-8-6-4-2/h21-24,34-35,39H,3-20H2,1-2H3. The second-order valence-corrected chi connectivity index (χ2v) is 16.0. The Bertz CT molecular complexity index is 1590. The molecule has 2 aromatic rings. The van der Waals surface area contributed by atoms with Gasteiger partial charge in [-0.2, -0.15) is 0 Å². The maximum atomic E-state index is 13.2. The number of nitro groups is 2. The zero-order valence-corrected chi connectivity index (χ0v) is 30.0. The van der Waals surface area contributed by atoms with Crippen molar-refractivity contribution in [1.29, 1.82) is 0 Å². The van der Waals surface area contributed by atoms with Gasteiger partial charge in [0.25, 0.3) is 11.4 Å². The highest BCUT2D eigenvalue weighted by atomic mass is 32.2. The van der Waals surface area contributed by atoms with Crippen molar-refractivity contribution >= 4 is 37.1 Å². The summed E-state index contributed by atoms with van der Waals surface area (Å²) in [7, 11) is -8.55. The highest BCUT2D eigenvalue weighted by Crippen LogP contribution is 2.49. The van der Waals surface area contributed by atoms with E-state index in [1.807, 2.05) is 0 Å². The summed E-state index contributed by atoms with van der Waals surface area (Å²) in [5.74, 6) is 0. The molecule has 1 aliphatic rings. The molecule has 0 aliphatic heterocycles. The van der Waals surface area contributed by atoms with Gasteiger partial charge in [-0.05, 0) is 25.0 Å². The molecule has 0 fully saturated rings. The van der Waals surface area contributed by atoms with Gasteiger partial charge >= 0.3 is 0 Å². The topological polar surface area (TPSA) is 211 Å². The van der Waals surface area contributed by atoms with Crippen LogP contribution in [0.4, 0.5) is 11.4 Å². The Morgan fingerprint density at radius 3 is 1.22 bits per heavy atom. The summed E-state index contributed by atoms with van der Waals surface area (Å²) >= 11 is 0. The van der Waals surface area contributed by atoms with Crippen molar-refractivity contribution in [2.24, 2.45) is 5.16 Å². The molecule has 49 heavy (non-hydrogen) atoms. The van der Waals surface area contributed by atoms with Gasteiger partial charge in [-0.15, -0.1) is 0 Å². The minimum absolute atomic E-state index is 0.0992. The van der Waals surface area contributed by atoms with Crippen molar-refractivity contribution in [2.75, 3.05) is 13.1 Å². The predicted octanol–water partition coefficient (Wildman–Crippen LogP) is 7.55. The molecule has 272 valence electrons. The Morgan fingerprint density at radius 1 is 0.592 bits per heavy atom. The van der Waals surface area contributed by atoms with Gasteiger partial charge in [-0.3, -0.25) is 20.2 Å². The third kappa shape index (κ3) is 10.8. The average Bonchev–Trinajstić information content (AvgIpc) is 3.39. The van der Waals surface area contributed by atoms with Crippen molar-refractivity contribution < 1.29 is 31.9 Å². The van der Waals surface area contributed by atoms with E-state index in [2.05, 4.69) is 28.4 Å². The first-order valence-electron chi connectivity index (χ1n) is 17.3. The fraction of sp³-hybridized carbons (Fsp3) is 0.606. The van der Waals surface area contributed by atoms with E-state index in [9.17, 15) is 42.3 Å². The van der Waals surface area contributed by atoms with E-state index in [1.54, 1.807) is 0 Å². The fourth-order valence-corrected chi connectivity index (χ4v) is 8.29. The normalized spacial score (nSPS) is 12.6. The van der Waals surface area contributed by atoms with E-state index in [-0.39, 0.29) is 35.3 Å². The molecule has 0 bridgehead atoms. The van der Waals surface area contributed by atoms with Crippen molar-refractivity contribution in [1.82, 2.24) is 9.44 Å². The summed E-state index contributed by atoms with van der Waals surface area (Å²) in [5, 5.41) is 37.7. The summed E-state index contributed by atoms with van der Waals surface area (Å²) in [5.41, 5.74) is -3.12. The molecule has 0 atom stereocenters. The number of hydrogen-bond donors (Lipinski definition) is 3. The van der Waals surface area contributed by atoms with Crippen LogP contribution in [0, 0.1) is 20.2 Å². The Labute approximate surface area is 289 Å². The summed E-state index contributed by atoms with van der Waals surface area (Å²) in [6.07, 6.45) is 16.0. The van der Waals surface area contributed by atoms with Gasteiger partial charge in [0.15, 0.2) is 0 Å². The van der Waals surface area contributed by atoms with Gasteiger partial charge in [-0.1, -0.05) is 109 Å². The van der Waals surface area contributed by atoms with Crippen LogP contribution in [0.25, 0.3) is 11.1 Å². The lowest BCUT2D eigenvalue weighted by Gasteiger charge is -2.10. The zero-order chi connectivity index (χ0) is 36.0. The van der Waals surface area contributed by atoms with Crippen LogP contribution in [-0.4, -0.2) is 50.7 Å². The fourth-order valence-electron chi connectivity index (χ4n) is 6.05. The van der Waals surface area contributed by atoms with Gasteiger partial charge < -0.3 is 5.21 Å². The molecule has 0 unspecified atom stereocenters. The lowest BCUT2D eigenvalue weighted by Crippen LogP contribution is -2.25. The molecule has 0 saturated carbocycles. The van der Waals surface area contributed by atoms with Crippen LogP contribution in [-0.2, 0) is 20.0 Å². The molecule has 1 aliphatic carbocycles. The lowest BCUT2D eigenvalue weighted by molar-refractivity contribution is -0.386. The maximum Gasteiger partial charge on any atom is 0.279 e. The number of sulfonamides is 2. The Balaban J connectivity index is 1.85. The monoisotopic (exact) mass is 723 g/mol. The second-order valence-electron chi connectivity index (χ2n) is 12.4. The maximum absolute atomic E-state index is 13.2. The molecule has 3 N–H and O–H groups in total. The van der Waals surface area contributed by atoms with E-state index in [1.165, 1.54) is 25.7 Å². The molecule has 0 aromatic heterocycles. The number of nitro benzene ring substituents is 2. The minimum atomic E-state index is -4.27. The van der Waals surface area contributed by atoms with Crippen LogP contribution in [0.3, 0.4) is 0 Å². The number of benzene rings is 2. The van der Waals surface area contributed by atoms with Crippen LogP contribution >= 0.6 is 0 Å². The molecule has 0 heterocycles. The van der Waals surface area contributed by atoms with Gasteiger partial charge in [0.1, 0.15) is 5.71 Å². The third-order valence-electron chi connectivity index (χ3n) is 8.70. The second kappa shape index (κ2) is 19.1. The van der Waals surface area contributed by atoms with Crippen LogP contribution in [0.5, 0.6) is 0 Å². The number of oxime groups is 1. The zero-order valence-electron chi connectivity index (χ0n) is 28.4. The SMILES string of the molecule is CCCCCCCCCCNS(=O)(=O)c1cc2c(c([N+](=O)[O-])c1)-c1c(cc(S(=O)(=O)NCCCCCCCCCC)cc1[N+](=O)[O-])C2=NO. The Morgan fingerprint density at radius 2 is 0.918 bits per heavy atom. The minimum Gasteiger partial charge on any atom is -0.410 e. The van der Waals surface area contributed by atoms with E-state index in [0.29, 0.717) is 12.8 Å². The number of nitrogens with one attached hydrogen (secondary N) is 2. The van der Waals surface area contributed by atoms with E-state index < -0.39 is 56.8 Å². The first-order chi connectivity index (χ1) is 23.4. The van der Waals surface area contributed by atoms with E-state index in [0.717, 1.165) is 88.5 Å². The van der Waals surface area contributed by atoms with Gasteiger partial charge in [0.2, 0.25) is 20.0 Å². The molecule has 2 aromatic carbocycles. The summed E-state index contributed by atoms with van der Waals surface area (Å²) in [6, 6.07) is 3.70. The van der Waals surface area contributed by atoms with Crippen molar-refractivity contribution in [2.45, 2.75) is 126 Å². The molecule has 0 saturated heterocycles. The lowest BCUT2D eigenvalue weighted by atomic mass is 10.0.